The molecule has 218 valence electrons. The first kappa shape index (κ1) is 37.3. The Morgan fingerprint density at radius 3 is 1.19 bits per heavy atom. The number of hydrogen-bond acceptors (Lipinski definition) is 9. The van der Waals surface area contributed by atoms with Gasteiger partial charge in [-0.1, -0.05) is 96.8 Å². The highest BCUT2D eigenvalue weighted by atomic mass is 16.5. The van der Waals surface area contributed by atoms with E-state index in [1.54, 1.807) is 0 Å². The number of rotatable bonds is 24. The highest BCUT2D eigenvalue weighted by Crippen LogP contribution is 2.14. The van der Waals surface area contributed by atoms with Crippen LogP contribution in [0.15, 0.2) is 0 Å². The van der Waals surface area contributed by atoms with Gasteiger partial charge in [0.15, 0.2) is 0 Å². The van der Waals surface area contributed by atoms with E-state index >= 15 is 0 Å². The lowest BCUT2D eigenvalue weighted by atomic mass is 9.93. The van der Waals surface area contributed by atoms with Crippen LogP contribution in [-0.2, 0) is 9.53 Å². The number of ether oxygens (including phenoxy) is 1. The lowest BCUT2D eigenvalue weighted by molar-refractivity contribution is -0.146. The average molecular weight is 524 g/mol. The van der Waals surface area contributed by atoms with Crippen molar-refractivity contribution >= 4 is 5.97 Å². The summed E-state index contributed by atoms with van der Waals surface area (Å²) in [6.45, 7) is -0.318. The summed E-state index contributed by atoms with van der Waals surface area (Å²) in [6, 6.07) is 0. The van der Waals surface area contributed by atoms with Crippen molar-refractivity contribution in [2.24, 2.45) is 11.1 Å². The quantitative estimate of drug-likeness (QED) is 0.0740. The van der Waals surface area contributed by atoms with E-state index in [-0.39, 0.29) is 12.6 Å². The Kier molecular flexibility index (Phi) is 26.8. The number of unbranched alkanes of at least 4 members (excludes halogenated alkanes) is 14. The largest absolute Gasteiger partial charge is 0.464 e. The maximum atomic E-state index is 11.6. The van der Waals surface area contributed by atoms with Crippen LogP contribution >= 0.6 is 0 Å². The highest BCUT2D eigenvalue weighted by molar-refractivity contribution is 5.69. The summed E-state index contributed by atoms with van der Waals surface area (Å²) < 4.78 is 5.02. The first-order valence-corrected chi connectivity index (χ1v) is 13.9. The van der Waals surface area contributed by atoms with Gasteiger partial charge in [0.2, 0.25) is 0 Å². The monoisotopic (exact) mass is 523 g/mol. The maximum absolute atomic E-state index is 11.6. The molecule has 0 amide bonds. The Labute approximate surface area is 219 Å². The van der Waals surface area contributed by atoms with Gasteiger partial charge in [0.1, 0.15) is 6.61 Å². The molecule has 0 spiro atoms. The molecule has 36 heavy (non-hydrogen) atoms. The Balaban J connectivity index is 0. The van der Waals surface area contributed by atoms with Gasteiger partial charge in [-0.05, 0) is 6.42 Å². The summed E-state index contributed by atoms with van der Waals surface area (Å²) in [4.78, 5) is 11.6. The minimum Gasteiger partial charge on any atom is -0.464 e. The molecule has 0 aromatic carbocycles. The molecule has 8 N–H and O–H groups in total. The second-order valence-electron chi connectivity index (χ2n) is 10.2. The third-order valence-corrected chi connectivity index (χ3v) is 6.48. The Morgan fingerprint density at radius 1 is 0.583 bits per heavy atom. The summed E-state index contributed by atoms with van der Waals surface area (Å²) in [5.74, 6) is -0.304. The van der Waals surface area contributed by atoms with Crippen LogP contribution in [0.4, 0.5) is 0 Å². The molecule has 0 radical (unpaired) electrons. The van der Waals surface area contributed by atoms with Gasteiger partial charge >= 0.3 is 5.97 Å². The highest BCUT2D eigenvalue weighted by Gasteiger charge is 2.26. The first-order chi connectivity index (χ1) is 17.3. The first-order valence-electron chi connectivity index (χ1n) is 13.9. The number of carbonyl (C=O) groups excluding carboxylic acids is 1. The Bertz CT molecular complexity index is 453. The molecule has 0 atom stereocenters. The molecule has 0 aliphatic heterocycles. The van der Waals surface area contributed by atoms with Gasteiger partial charge < -0.3 is 41.1 Å². The molecule has 0 aromatic rings. The lowest BCUT2D eigenvalue weighted by Crippen LogP contribution is -2.51. The minimum absolute atomic E-state index is 0.141. The van der Waals surface area contributed by atoms with E-state index in [0.717, 1.165) is 12.8 Å². The molecular weight excluding hydrogens is 466 g/mol. The van der Waals surface area contributed by atoms with Crippen LogP contribution in [0.1, 0.15) is 110 Å². The number of carbonyl (C=O) groups is 1. The Hall–Kier alpha value is -0.810. The zero-order chi connectivity index (χ0) is 27.5. The van der Waals surface area contributed by atoms with Crippen molar-refractivity contribution in [2.45, 2.75) is 115 Å². The number of esters is 1. The average Bonchev–Trinajstić information content (AvgIpc) is 2.91. The Morgan fingerprint density at radius 2 is 0.917 bits per heavy atom. The molecule has 9 heteroatoms. The van der Waals surface area contributed by atoms with Crippen molar-refractivity contribution in [3.63, 3.8) is 0 Å². The predicted molar refractivity (Wildman–Crippen MR) is 142 cm³/mol. The third-order valence-electron chi connectivity index (χ3n) is 6.48. The molecular formula is C27H57NO8. The van der Waals surface area contributed by atoms with Gasteiger partial charge in [-0.25, -0.2) is 0 Å². The van der Waals surface area contributed by atoms with Crippen LogP contribution in [0.2, 0.25) is 0 Å². The van der Waals surface area contributed by atoms with E-state index < -0.39 is 50.6 Å². The van der Waals surface area contributed by atoms with Crippen LogP contribution in [0.5, 0.6) is 0 Å². The fourth-order valence-corrected chi connectivity index (χ4v) is 3.38. The van der Waals surface area contributed by atoms with E-state index in [4.69, 9.17) is 41.1 Å². The van der Waals surface area contributed by atoms with E-state index in [0.29, 0.717) is 6.42 Å². The summed E-state index contributed by atoms with van der Waals surface area (Å²) in [5.41, 5.74) is 3.31. The molecule has 0 bridgehead atoms. The fourth-order valence-electron chi connectivity index (χ4n) is 3.38. The molecule has 0 aromatic heterocycles. The zero-order valence-electron chi connectivity index (χ0n) is 22.8. The van der Waals surface area contributed by atoms with Crippen molar-refractivity contribution in [3.05, 3.63) is 0 Å². The van der Waals surface area contributed by atoms with E-state index in [1.165, 1.54) is 83.5 Å². The van der Waals surface area contributed by atoms with Crippen LogP contribution < -0.4 is 5.73 Å². The standard InChI is InChI=1S/C22H45NO4.C5H12O4/c1-2-3-4-5-6-7-8-9-10-11-12-13-14-15-16-17-21(26)27-20-22(23,18-24)19-25;6-1-5(2-7,3-8)4-9/h24-25H,2-20,23H2,1H3;6-9H,1-4H2. The van der Waals surface area contributed by atoms with Gasteiger partial charge in [-0.2, -0.15) is 0 Å². The molecule has 0 aliphatic rings. The molecule has 0 aliphatic carbocycles. The van der Waals surface area contributed by atoms with E-state index in [9.17, 15) is 4.79 Å². The third kappa shape index (κ3) is 21.3. The maximum Gasteiger partial charge on any atom is 0.305 e. The lowest BCUT2D eigenvalue weighted by Gasteiger charge is -2.23. The van der Waals surface area contributed by atoms with Crippen molar-refractivity contribution < 1.29 is 40.2 Å². The van der Waals surface area contributed by atoms with Crippen LogP contribution in [0.3, 0.4) is 0 Å². The van der Waals surface area contributed by atoms with Gasteiger partial charge in [0.25, 0.3) is 0 Å². The number of aliphatic hydroxyl groups is 6. The summed E-state index contributed by atoms with van der Waals surface area (Å²) in [5, 5.41) is 52.1. The van der Waals surface area contributed by atoms with Crippen molar-refractivity contribution in [1.82, 2.24) is 0 Å². The van der Waals surface area contributed by atoms with E-state index in [2.05, 4.69) is 6.92 Å². The van der Waals surface area contributed by atoms with Gasteiger partial charge in [0, 0.05) is 6.42 Å². The van der Waals surface area contributed by atoms with Crippen LogP contribution in [0.25, 0.3) is 0 Å². The zero-order valence-corrected chi connectivity index (χ0v) is 22.8. The molecule has 0 fully saturated rings. The SMILES string of the molecule is CCCCCCCCCCCCCCCCCC(=O)OCC(N)(CO)CO.OCC(CO)(CO)CO. The number of aliphatic hydroxyl groups excluding tert-OH is 6. The van der Waals surface area contributed by atoms with Gasteiger partial charge in [-0.15, -0.1) is 0 Å². The van der Waals surface area contributed by atoms with Gasteiger partial charge in [-0.3, -0.25) is 4.79 Å². The summed E-state index contributed by atoms with van der Waals surface area (Å²) in [7, 11) is 0. The van der Waals surface area contributed by atoms with Crippen molar-refractivity contribution in [3.8, 4) is 0 Å². The fraction of sp³-hybridized carbons (Fsp3) is 0.963. The van der Waals surface area contributed by atoms with Gasteiger partial charge in [0.05, 0.1) is 50.6 Å². The van der Waals surface area contributed by atoms with E-state index in [1.807, 2.05) is 0 Å². The van der Waals surface area contributed by atoms with Crippen LogP contribution in [-0.4, -0.2) is 88.4 Å². The molecule has 0 saturated carbocycles. The topological polar surface area (TPSA) is 174 Å². The summed E-state index contributed by atoms with van der Waals surface area (Å²) >= 11 is 0. The molecule has 0 rings (SSSR count). The molecule has 0 saturated heterocycles. The van der Waals surface area contributed by atoms with Crippen molar-refractivity contribution in [2.75, 3.05) is 46.2 Å². The smallest absolute Gasteiger partial charge is 0.305 e. The molecule has 0 heterocycles. The predicted octanol–water partition coefficient (Wildman–Crippen LogP) is 2.42. The molecule has 9 nitrogen and oxygen atoms in total. The summed E-state index contributed by atoms with van der Waals surface area (Å²) in [6.07, 6.45) is 19.8. The second-order valence-corrected chi connectivity index (χ2v) is 10.2. The second kappa shape index (κ2) is 25.8. The normalized spacial score (nSPS) is 11.8. The molecule has 0 unspecified atom stereocenters. The number of hydrogen-bond donors (Lipinski definition) is 7. The minimum atomic E-state index is -1.23. The van der Waals surface area contributed by atoms with Crippen molar-refractivity contribution in [1.29, 1.82) is 0 Å². The van der Waals surface area contributed by atoms with Crippen LogP contribution in [0, 0.1) is 5.41 Å². The number of nitrogens with two attached hydrogens (primary N) is 1.